The predicted molar refractivity (Wildman–Crippen MR) is 123 cm³/mol. The average Bonchev–Trinajstić information content (AvgIpc) is 3.18. The van der Waals surface area contributed by atoms with E-state index in [9.17, 15) is 0 Å². The van der Waals surface area contributed by atoms with E-state index < -0.39 is 0 Å². The molecule has 0 aliphatic carbocycles. The number of anilines is 1. The summed E-state index contributed by atoms with van der Waals surface area (Å²) in [6, 6.07) is 22.7. The van der Waals surface area contributed by atoms with Crippen LogP contribution in [-0.4, -0.2) is 21.9 Å². The Morgan fingerprint density at radius 1 is 1.03 bits per heavy atom. The Labute approximate surface area is 175 Å². The minimum absolute atomic E-state index is 0.323. The number of amidine groups is 1. The zero-order valence-corrected chi connectivity index (χ0v) is 17.1. The van der Waals surface area contributed by atoms with Crippen molar-refractivity contribution in [2.75, 3.05) is 11.1 Å². The summed E-state index contributed by atoms with van der Waals surface area (Å²) in [5, 5.41) is 4.22. The summed E-state index contributed by atoms with van der Waals surface area (Å²) in [5.41, 5.74) is 3.24. The van der Waals surface area contributed by atoms with E-state index in [1.54, 1.807) is 11.8 Å². The number of nitrogens with one attached hydrogen (secondary N) is 1. The SMILES string of the molecule is CC1CSC(Nc2ncc(/C=C/c3ccccc3)cc2OCc2ccccc2)=N1. The molecular formula is C24H23N3OS. The van der Waals surface area contributed by atoms with Gasteiger partial charge >= 0.3 is 0 Å². The van der Waals surface area contributed by atoms with Gasteiger partial charge in [-0.15, -0.1) is 0 Å². The summed E-state index contributed by atoms with van der Waals surface area (Å²) in [6.07, 6.45) is 5.97. The van der Waals surface area contributed by atoms with Crippen LogP contribution in [0.15, 0.2) is 77.9 Å². The molecule has 146 valence electrons. The first-order valence-corrected chi connectivity index (χ1v) is 10.6. The van der Waals surface area contributed by atoms with Gasteiger partial charge in [-0.05, 0) is 29.7 Å². The second kappa shape index (κ2) is 9.43. The molecule has 0 bridgehead atoms. The Hall–Kier alpha value is -3.05. The molecular weight excluding hydrogens is 378 g/mol. The van der Waals surface area contributed by atoms with Crippen LogP contribution in [0.5, 0.6) is 5.75 Å². The molecule has 0 saturated carbocycles. The summed E-state index contributed by atoms with van der Waals surface area (Å²) in [4.78, 5) is 9.21. The number of rotatable bonds is 6. The van der Waals surface area contributed by atoms with Gasteiger partial charge in [-0.1, -0.05) is 84.6 Å². The van der Waals surface area contributed by atoms with Gasteiger partial charge in [0.05, 0.1) is 6.04 Å². The van der Waals surface area contributed by atoms with Crippen molar-refractivity contribution in [3.8, 4) is 5.75 Å². The molecule has 0 fully saturated rings. The van der Waals surface area contributed by atoms with Crippen LogP contribution in [0.2, 0.25) is 0 Å². The predicted octanol–water partition coefficient (Wildman–Crippen LogP) is 5.73. The lowest BCUT2D eigenvalue weighted by Crippen LogP contribution is -2.09. The number of nitrogens with zero attached hydrogens (tertiary/aromatic N) is 2. The van der Waals surface area contributed by atoms with E-state index in [0.29, 0.717) is 24.2 Å². The van der Waals surface area contributed by atoms with Crippen molar-refractivity contribution in [3.63, 3.8) is 0 Å². The van der Waals surface area contributed by atoms with Crippen molar-refractivity contribution in [2.24, 2.45) is 4.99 Å². The summed E-state index contributed by atoms with van der Waals surface area (Å²) < 4.78 is 6.13. The van der Waals surface area contributed by atoms with Crippen LogP contribution < -0.4 is 10.1 Å². The van der Waals surface area contributed by atoms with E-state index in [1.807, 2.05) is 54.7 Å². The van der Waals surface area contributed by atoms with E-state index in [-0.39, 0.29) is 0 Å². The normalized spacial score (nSPS) is 16.0. The van der Waals surface area contributed by atoms with E-state index >= 15 is 0 Å². The van der Waals surface area contributed by atoms with Gasteiger partial charge < -0.3 is 10.1 Å². The van der Waals surface area contributed by atoms with Crippen molar-refractivity contribution in [2.45, 2.75) is 19.6 Å². The molecule has 1 unspecified atom stereocenters. The highest BCUT2D eigenvalue weighted by molar-refractivity contribution is 8.14. The van der Waals surface area contributed by atoms with Gasteiger partial charge in [0, 0.05) is 11.9 Å². The first-order valence-electron chi connectivity index (χ1n) is 9.64. The van der Waals surface area contributed by atoms with Gasteiger partial charge in [-0.25, -0.2) is 4.98 Å². The highest BCUT2D eigenvalue weighted by atomic mass is 32.2. The molecule has 29 heavy (non-hydrogen) atoms. The first-order chi connectivity index (χ1) is 14.3. The fraction of sp³-hybridized carbons (Fsp3) is 0.167. The van der Waals surface area contributed by atoms with Crippen LogP contribution >= 0.6 is 11.8 Å². The number of thioether (sulfide) groups is 1. The summed E-state index contributed by atoms with van der Waals surface area (Å²) in [5.74, 6) is 2.39. The lowest BCUT2D eigenvalue weighted by molar-refractivity contribution is 0.307. The summed E-state index contributed by atoms with van der Waals surface area (Å²) in [6.45, 7) is 2.60. The smallest absolute Gasteiger partial charge is 0.174 e. The second-order valence-corrected chi connectivity index (χ2v) is 7.86. The third kappa shape index (κ3) is 5.48. The molecule has 1 aliphatic rings. The first kappa shape index (κ1) is 19.3. The third-order valence-corrected chi connectivity index (χ3v) is 5.53. The zero-order chi connectivity index (χ0) is 19.9. The van der Waals surface area contributed by atoms with Crippen LogP contribution in [-0.2, 0) is 6.61 Å². The Morgan fingerprint density at radius 2 is 1.76 bits per heavy atom. The van der Waals surface area contributed by atoms with Gasteiger partial charge in [0.15, 0.2) is 16.7 Å². The van der Waals surface area contributed by atoms with Crippen molar-refractivity contribution in [3.05, 3.63) is 89.6 Å². The quantitative estimate of drug-likeness (QED) is 0.573. The molecule has 0 radical (unpaired) electrons. The molecule has 1 N–H and O–H groups in total. The number of pyridine rings is 1. The number of benzene rings is 2. The maximum Gasteiger partial charge on any atom is 0.174 e. The topological polar surface area (TPSA) is 46.5 Å². The molecule has 1 aromatic heterocycles. The number of aliphatic imine (C=N–C) groups is 1. The van der Waals surface area contributed by atoms with Crippen molar-refractivity contribution in [1.82, 2.24) is 4.98 Å². The lowest BCUT2D eigenvalue weighted by atomic mass is 10.1. The molecule has 5 heteroatoms. The molecule has 2 aromatic carbocycles. The number of hydrogen-bond acceptors (Lipinski definition) is 5. The molecule has 0 amide bonds. The molecule has 4 nitrogen and oxygen atoms in total. The number of hydrogen-bond donors (Lipinski definition) is 1. The van der Waals surface area contributed by atoms with E-state index in [4.69, 9.17) is 4.74 Å². The van der Waals surface area contributed by atoms with Crippen LogP contribution in [0.4, 0.5) is 5.82 Å². The standard InChI is InChI=1S/C24H23N3OS/c1-18-17-29-24(26-18)27-23-22(28-16-20-10-6-3-7-11-20)14-21(15-25-23)13-12-19-8-4-2-5-9-19/h2-15,18H,16-17H2,1H3,(H,25,26,27)/b13-12+. The minimum Gasteiger partial charge on any atom is -0.485 e. The van der Waals surface area contributed by atoms with E-state index in [2.05, 4.69) is 52.6 Å². The Balaban J connectivity index is 1.56. The van der Waals surface area contributed by atoms with E-state index in [1.165, 1.54) is 0 Å². The molecule has 3 aromatic rings. The molecule has 0 spiro atoms. The highest BCUT2D eigenvalue weighted by Gasteiger charge is 2.16. The monoisotopic (exact) mass is 401 g/mol. The van der Waals surface area contributed by atoms with E-state index in [0.717, 1.165) is 27.6 Å². The summed E-state index contributed by atoms with van der Waals surface area (Å²) in [7, 11) is 0. The van der Waals surface area contributed by atoms with Crippen LogP contribution in [0.1, 0.15) is 23.6 Å². The van der Waals surface area contributed by atoms with Gasteiger partial charge in [0.1, 0.15) is 6.61 Å². The fourth-order valence-corrected chi connectivity index (χ4v) is 3.79. The molecule has 1 aliphatic heterocycles. The third-order valence-electron chi connectivity index (χ3n) is 4.40. The van der Waals surface area contributed by atoms with Crippen LogP contribution in [0, 0.1) is 0 Å². The van der Waals surface area contributed by atoms with Crippen LogP contribution in [0.25, 0.3) is 12.2 Å². The minimum atomic E-state index is 0.323. The van der Waals surface area contributed by atoms with Crippen molar-refractivity contribution < 1.29 is 4.74 Å². The average molecular weight is 402 g/mol. The summed E-state index contributed by atoms with van der Waals surface area (Å²) >= 11 is 1.71. The van der Waals surface area contributed by atoms with Crippen molar-refractivity contribution in [1.29, 1.82) is 0 Å². The molecule has 2 heterocycles. The van der Waals surface area contributed by atoms with Crippen molar-refractivity contribution >= 4 is 34.9 Å². The molecule has 1 atom stereocenters. The van der Waals surface area contributed by atoms with Gasteiger partial charge in [0.25, 0.3) is 0 Å². The Morgan fingerprint density at radius 3 is 2.48 bits per heavy atom. The fourth-order valence-electron chi connectivity index (χ4n) is 2.89. The Bertz CT molecular complexity index is 1000. The van der Waals surface area contributed by atoms with Gasteiger partial charge in [-0.3, -0.25) is 4.99 Å². The maximum absolute atomic E-state index is 6.13. The van der Waals surface area contributed by atoms with Gasteiger partial charge in [0.2, 0.25) is 0 Å². The molecule has 4 rings (SSSR count). The number of ether oxygens (including phenoxy) is 1. The largest absolute Gasteiger partial charge is 0.485 e. The maximum atomic E-state index is 6.13. The molecule has 0 saturated heterocycles. The zero-order valence-electron chi connectivity index (χ0n) is 16.3. The van der Waals surface area contributed by atoms with Gasteiger partial charge in [-0.2, -0.15) is 0 Å². The highest BCUT2D eigenvalue weighted by Crippen LogP contribution is 2.28. The lowest BCUT2D eigenvalue weighted by Gasteiger charge is -2.13. The second-order valence-electron chi connectivity index (χ2n) is 6.85. The van der Waals surface area contributed by atoms with Crippen LogP contribution in [0.3, 0.4) is 0 Å². The Kier molecular flexibility index (Phi) is 6.27. The number of aromatic nitrogens is 1.